The molecule has 1 amide bonds. The Morgan fingerprint density at radius 2 is 1.94 bits per heavy atom. The third kappa shape index (κ3) is 7.24. The molecule has 0 aromatic rings. The lowest BCUT2D eigenvalue weighted by Gasteiger charge is -2.23. The maximum Gasteiger partial charge on any atom is 0.307 e. The van der Waals surface area contributed by atoms with E-state index in [-0.39, 0.29) is 31.6 Å². The van der Waals surface area contributed by atoms with Gasteiger partial charge in [-0.25, -0.2) is 0 Å². The van der Waals surface area contributed by atoms with Gasteiger partial charge >= 0.3 is 5.97 Å². The summed E-state index contributed by atoms with van der Waals surface area (Å²) < 4.78 is 0. The van der Waals surface area contributed by atoms with Gasteiger partial charge in [-0.15, -0.1) is 0 Å². The smallest absolute Gasteiger partial charge is 0.307 e. The predicted molar refractivity (Wildman–Crippen MR) is 68.2 cm³/mol. The molecular formula is C12H24N2O4. The molecule has 6 nitrogen and oxygen atoms in total. The number of carbonyl (C=O) groups is 2. The molecule has 0 aromatic heterocycles. The minimum absolute atomic E-state index is 0.0943. The highest BCUT2D eigenvalue weighted by Gasteiger charge is 2.18. The number of nitrogens with one attached hydrogen (secondary N) is 1. The van der Waals surface area contributed by atoms with Crippen molar-refractivity contribution in [3.8, 4) is 0 Å². The van der Waals surface area contributed by atoms with Gasteiger partial charge in [-0.05, 0) is 13.3 Å². The lowest BCUT2D eigenvalue weighted by Crippen LogP contribution is -2.43. The highest BCUT2D eigenvalue weighted by atomic mass is 16.4. The quantitative estimate of drug-likeness (QED) is 0.539. The molecule has 0 bridgehead atoms. The molecule has 0 rings (SSSR count). The first-order valence-electron chi connectivity index (χ1n) is 6.26. The van der Waals surface area contributed by atoms with E-state index >= 15 is 0 Å². The Balaban J connectivity index is 4.25. The summed E-state index contributed by atoms with van der Waals surface area (Å²) in [5, 5.41) is 20.5. The highest BCUT2D eigenvalue weighted by molar-refractivity contribution is 5.78. The number of carboxylic acid groups (broad SMARTS) is 1. The largest absolute Gasteiger partial charge is 0.481 e. The first kappa shape index (κ1) is 16.9. The van der Waals surface area contributed by atoms with Gasteiger partial charge in [-0.2, -0.15) is 0 Å². The Labute approximate surface area is 108 Å². The zero-order valence-electron chi connectivity index (χ0n) is 11.3. The molecule has 3 N–H and O–H groups in total. The molecule has 0 heterocycles. The average Bonchev–Trinajstić information content (AvgIpc) is 2.28. The fraction of sp³-hybridized carbons (Fsp3) is 0.833. The standard InChI is InChI=1S/C12H24N2O4/c1-4-10(3)13-11(16)8-14(5-6-15)7-9(2)12(17)18/h9-10,15H,4-8H2,1-3H3,(H,13,16)(H,17,18). The lowest BCUT2D eigenvalue weighted by molar-refractivity contribution is -0.142. The van der Waals surface area contributed by atoms with Crippen molar-refractivity contribution in [1.82, 2.24) is 10.2 Å². The summed E-state index contributed by atoms with van der Waals surface area (Å²) in [4.78, 5) is 24.1. The Kier molecular flexibility index (Phi) is 8.32. The molecule has 0 radical (unpaired) electrons. The van der Waals surface area contributed by atoms with Crippen LogP contribution in [0.5, 0.6) is 0 Å². The molecule has 2 unspecified atom stereocenters. The van der Waals surface area contributed by atoms with Gasteiger partial charge in [-0.3, -0.25) is 14.5 Å². The molecule has 0 saturated carbocycles. The second-order valence-electron chi connectivity index (χ2n) is 4.57. The summed E-state index contributed by atoms with van der Waals surface area (Å²) >= 11 is 0. The Bertz CT molecular complexity index is 271. The van der Waals surface area contributed by atoms with E-state index in [0.717, 1.165) is 6.42 Å². The van der Waals surface area contributed by atoms with Crippen molar-refractivity contribution in [2.24, 2.45) is 5.92 Å². The second kappa shape index (κ2) is 8.88. The van der Waals surface area contributed by atoms with Crippen LogP contribution in [0.2, 0.25) is 0 Å². The lowest BCUT2D eigenvalue weighted by atomic mass is 10.1. The summed E-state index contributed by atoms with van der Waals surface area (Å²) in [6, 6.07) is 0.102. The summed E-state index contributed by atoms with van der Waals surface area (Å²) in [7, 11) is 0. The summed E-state index contributed by atoms with van der Waals surface area (Å²) in [5.41, 5.74) is 0. The zero-order valence-corrected chi connectivity index (χ0v) is 11.3. The third-order valence-electron chi connectivity index (χ3n) is 2.76. The molecule has 0 spiro atoms. The van der Waals surface area contributed by atoms with Gasteiger partial charge in [0.25, 0.3) is 0 Å². The van der Waals surface area contributed by atoms with E-state index < -0.39 is 11.9 Å². The van der Waals surface area contributed by atoms with Gasteiger partial charge in [0, 0.05) is 19.1 Å². The number of carbonyl (C=O) groups excluding carboxylic acids is 1. The van der Waals surface area contributed by atoms with Crippen molar-refractivity contribution in [1.29, 1.82) is 0 Å². The maximum absolute atomic E-state index is 11.7. The minimum atomic E-state index is -0.903. The number of rotatable bonds is 9. The molecule has 6 heteroatoms. The monoisotopic (exact) mass is 260 g/mol. The summed E-state index contributed by atoms with van der Waals surface area (Å²) in [5.74, 6) is -1.61. The number of aliphatic hydroxyl groups excluding tert-OH is 1. The molecule has 2 atom stereocenters. The Hall–Kier alpha value is -1.14. The van der Waals surface area contributed by atoms with Crippen LogP contribution in [0.3, 0.4) is 0 Å². The van der Waals surface area contributed by atoms with Crippen molar-refractivity contribution < 1.29 is 19.8 Å². The molecule has 0 aliphatic heterocycles. The number of amides is 1. The van der Waals surface area contributed by atoms with Crippen LogP contribution in [-0.4, -0.2) is 59.3 Å². The number of aliphatic carboxylic acids is 1. The highest BCUT2D eigenvalue weighted by Crippen LogP contribution is 2.00. The fourth-order valence-corrected chi connectivity index (χ4v) is 1.47. The van der Waals surface area contributed by atoms with Crippen molar-refractivity contribution in [2.45, 2.75) is 33.2 Å². The first-order chi connectivity index (χ1) is 8.40. The van der Waals surface area contributed by atoms with E-state index in [4.69, 9.17) is 10.2 Å². The molecule has 0 saturated heterocycles. The van der Waals surface area contributed by atoms with Crippen molar-refractivity contribution in [3.05, 3.63) is 0 Å². The van der Waals surface area contributed by atoms with Gasteiger partial charge < -0.3 is 15.5 Å². The number of aliphatic hydroxyl groups is 1. The van der Waals surface area contributed by atoms with Gasteiger partial charge in [0.2, 0.25) is 5.91 Å². The maximum atomic E-state index is 11.7. The fourth-order valence-electron chi connectivity index (χ4n) is 1.47. The van der Waals surface area contributed by atoms with Crippen molar-refractivity contribution in [2.75, 3.05) is 26.2 Å². The summed E-state index contributed by atoms with van der Waals surface area (Å²) in [6.45, 7) is 6.04. The van der Waals surface area contributed by atoms with Crippen LogP contribution in [0.1, 0.15) is 27.2 Å². The Morgan fingerprint density at radius 1 is 1.33 bits per heavy atom. The van der Waals surface area contributed by atoms with E-state index in [1.807, 2.05) is 13.8 Å². The van der Waals surface area contributed by atoms with Crippen LogP contribution >= 0.6 is 0 Å². The summed E-state index contributed by atoms with van der Waals surface area (Å²) in [6.07, 6.45) is 0.845. The van der Waals surface area contributed by atoms with Gasteiger partial charge in [0.05, 0.1) is 19.1 Å². The van der Waals surface area contributed by atoms with Crippen LogP contribution in [0.15, 0.2) is 0 Å². The number of hydrogen-bond donors (Lipinski definition) is 3. The van der Waals surface area contributed by atoms with Crippen LogP contribution in [0.25, 0.3) is 0 Å². The molecule has 0 fully saturated rings. The molecule has 0 aliphatic rings. The molecular weight excluding hydrogens is 236 g/mol. The number of nitrogens with zero attached hydrogens (tertiary/aromatic N) is 1. The van der Waals surface area contributed by atoms with Gasteiger partial charge in [-0.1, -0.05) is 13.8 Å². The molecule has 106 valence electrons. The topological polar surface area (TPSA) is 89.9 Å². The normalized spacial score (nSPS) is 14.3. The van der Waals surface area contributed by atoms with Crippen LogP contribution in [0, 0.1) is 5.92 Å². The predicted octanol–water partition coefficient (Wildman–Crippen LogP) is -0.0839. The van der Waals surface area contributed by atoms with E-state index in [9.17, 15) is 9.59 Å². The second-order valence-corrected chi connectivity index (χ2v) is 4.57. The molecule has 0 aliphatic carbocycles. The van der Waals surface area contributed by atoms with Gasteiger partial charge in [0.15, 0.2) is 0 Å². The SMILES string of the molecule is CCC(C)NC(=O)CN(CCO)CC(C)C(=O)O. The van der Waals surface area contributed by atoms with Crippen LogP contribution in [0.4, 0.5) is 0 Å². The van der Waals surface area contributed by atoms with Gasteiger partial charge in [0.1, 0.15) is 0 Å². The minimum Gasteiger partial charge on any atom is -0.481 e. The van der Waals surface area contributed by atoms with E-state index in [0.29, 0.717) is 6.54 Å². The van der Waals surface area contributed by atoms with Crippen LogP contribution < -0.4 is 5.32 Å². The average molecular weight is 260 g/mol. The number of hydrogen-bond acceptors (Lipinski definition) is 4. The van der Waals surface area contributed by atoms with E-state index in [2.05, 4.69) is 5.32 Å². The molecule has 0 aromatic carbocycles. The Morgan fingerprint density at radius 3 is 2.39 bits per heavy atom. The number of carboxylic acids is 1. The van der Waals surface area contributed by atoms with Crippen molar-refractivity contribution in [3.63, 3.8) is 0 Å². The van der Waals surface area contributed by atoms with E-state index in [1.54, 1.807) is 11.8 Å². The van der Waals surface area contributed by atoms with E-state index in [1.165, 1.54) is 0 Å². The van der Waals surface area contributed by atoms with Crippen LogP contribution in [-0.2, 0) is 9.59 Å². The van der Waals surface area contributed by atoms with Crippen molar-refractivity contribution >= 4 is 11.9 Å². The zero-order chi connectivity index (χ0) is 14.1. The third-order valence-corrected chi connectivity index (χ3v) is 2.76. The molecule has 18 heavy (non-hydrogen) atoms. The first-order valence-corrected chi connectivity index (χ1v) is 6.26.